The maximum Gasteiger partial charge on any atom is 0.0843 e. The average molecular weight is 233 g/mol. The van der Waals surface area contributed by atoms with E-state index >= 15 is 0 Å². The number of hydrogen-bond donors (Lipinski definition) is 1. The minimum atomic E-state index is 0.0330. The summed E-state index contributed by atoms with van der Waals surface area (Å²) < 4.78 is 0. The standard InChI is InChI=1S/C14H23N3/c1-9(15)7-8-12-10(2)17-13(11(3)16-12)14(4,5)6/h7-9H,15H2,1-6H3/b8-7-. The quantitative estimate of drug-likeness (QED) is 0.854. The second kappa shape index (κ2) is 4.96. The van der Waals surface area contributed by atoms with Crippen molar-refractivity contribution >= 4 is 6.08 Å². The Hall–Kier alpha value is -1.22. The molecule has 0 saturated heterocycles. The summed E-state index contributed by atoms with van der Waals surface area (Å²) in [5.41, 5.74) is 9.65. The number of aromatic nitrogens is 2. The molecule has 1 aromatic heterocycles. The summed E-state index contributed by atoms with van der Waals surface area (Å²) in [6, 6.07) is 0.0406. The first-order valence-electron chi connectivity index (χ1n) is 6.01. The van der Waals surface area contributed by atoms with Crippen molar-refractivity contribution in [3.8, 4) is 0 Å². The van der Waals surface area contributed by atoms with E-state index < -0.39 is 0 Å². The minimum Gasteiger partial charge on any atom is -0.325 e. The fraction of sp³-hybridized carbons (Fsp3) is 0.571. The predicted octanol–water partition coefficient (Wildman–Crippen LogP) is 2.75. The molecule has 2 N–H and O–H groups in total. The van der Waals surface area contributed by atoms with Crippen molar-refractivity contribution in [2.75, 3.05) is 0 Å². The SMILES string of the molecule is Cc1nc(C(C)(C)C)c(C)nc1/C=C\C(C)N. The van der Waals surface area contributed by atoms with Crippen LogP contribution < -0.4 is 5.73 Å². The Morgan fingerprint density at radius 2 is 1.71 bits per heavy atom. The fourth-order valence-electron chi connectivity index (χ4n) is 1.73. The molecule has 17 heavy (non-hydrogen) atoms. The summed E-state index contributed by atoms with van der Waals surface area (Å²) in [6.45, 7) is 12.4. The van der Waals surface area contributed by atoms with Gasteiger partial charge in [-0.15, -0.1) is 0 Å². The Morgan fingerprint density at radius 1 is 1.12 bits per heavy atom. The van der Waals surface area contributed by atoms with Gasteiger partial charge in [0.2, 0.25) is 0 Å². The largest absolute Gasteiger partial charge is 0.325 e. The molecule has 0 amide bonds. The molecule has 1 aromatic rings. The van der Waals surface area contributed by atoms with Gasteiger partial charge in [-0.3, -0.25) is 4.98 Å². The van der Waals surface area contributed by atoms with Gasteiger partial charge >= 0.3 is 0 Å². The second-order valence-corrected chi connectivity index (χ2v) is 5.60. The molecule has 3 nitrogen and oxygen atoms in total. The van der Waals surface area contributed by atoms with Crippen molar-refractivity contribution in [1.82, 2.24) is 9.97 Å². The molecule has 0 fully saturated rings. The van der Waals surface area contributed by atoms with Crippen molar-refractivity contribution in [2.24, 2.45) is 5.73 Å². The number of nitrogens with zero attached hydrogens (tertiary/aromatic N) is 2. The molecule has 0 radical (unpaired) electrons. The third kappa shape index (κ3) is 3.63. The molecule has 94 valence electrons. The molecule has 0 aliphatic heterocycles. The van der Waals surface area contributed by atoms with E-state index in [0.717, 1.165) is 22.8 Å². The van der Waals surface area contributed by atoms with Crippen LogP contribution in [0.25, 0.3) is 6.08 Å². The smallest absolute Gasteiger partial charge is 0.0843 e. The Morgan fingerprint density at radius 3 is 2.18 bits per heavy atom. The van der Waals surface area contributed by atoms with Crippen molar-refractivity contribution < 1.29 is 0 Å². The Labute approximate surface area is 104 Å². The lowest BCUT2D eigenvalue weighted by atomic mass is 9.90. The lowest BCUT2D eigenvalue weighted by molar-refractivity contribution is 0.557. The molecule has 1 rings (SSSR count). The second-order valence-electron chi connectivity index (χ2n) is 5.60. The van der Waals surface area contributed by atoms with E-state index in [0.29, 0.717) is 0 Å². The third-order valence-electron chi connectivity index (χ3n) is 2.55. The van der Waals surface area contributed by atoms with E-state index in [1.54, 1.807) is 0 Å². The molecule has 0 bridgehead atoms. The van der Waals surface area contributed by atoms with E-state index in [2.05, 4.69) is 30.7 Å². The number of aryl methyl sites for hydroxylation is 2. The van der Waals surface area contributed by atoms with Crippen molar-refractivity contribution in [3.05, 3.63) is 28.9 Å². The molecule has 3 heteroatoms. The summed E-state index contributed by atoms with van der Waals surface area (Å²) in [5.74, 6) is 0. The van der Waals surface area contributed by atoms with Crippen molar-refractivity contribution in [2.45, 2.75) is 53.0 Å². The van der Waals surface area contributed by atoms with Crippen LogP contribution in [0.3, 0.4) is 0 Å². The van der Waals surface area contributed by atoms with Crippen LogP contribution in [-0.2, 0) is 5.41 Å². The highest BCUT2D eigenvalue weighted by Crippen LogP contribution is 2.23. The molecule has 0 aromatic carbocycles. The first-order valence-corrected chi connectivity index (χ1v) is 6.01. The number of hydrogen-bond acceptors (Lipinski definition) is 3. The van der Waals surface area contributed by atoms with Gasteiger partial charge in [-0.25, -0.2) is 4.98 Å². The fourth-order valence-corrected chi connectivity index (χ4v) is 1.73. The third-order valence-corrected chi connectivity index (χ3v) is 2.55. The first-order chi connectivity index (χ1) is 7.71. The summed E-state index contributed by atoms with van der Waals surface area (Å²) in [4.78, 5) is 9.27. The highest BCUT2D eigenvalue weighted by Gasteiger charge is 2.20. The van der Waals surface area contributed by atoms with E-state index in [4.69, 9.17) is 5.73 Å². The van der Waals surface area contributed by atoms with Crippen LogP contribution >= 0.6 is 0 Å². The number of nitrogens with two attached hydrogens (primary N) is 1. The molecule has 1 unspecified atom stereocenters. The van der Waals surface area contributed by atoms with E-state index in [9.17, 15) is 0 Å². The highest BCUT2D eigenvalue weighted by atomic mass is 14.8. The van der Waals surface area contributed by atoms with Gasteiger partial charge in [0.05, 0.1) is 22.8 Å². The van der Waals surface area contributed by atoms with Crippen LogP contribution in [0.15, 0.2) is 6.08 Å². The molecule has 1 atom stereocenters. The van der Waals surface area contributed by atoms with Crippen molar-refractivity contribution in [1.29, 1.82) is 0 Å². The average Bonchev–Trinajstić information content (AvgIpc) is 2.17. The van der Waals surface area contributed by atoms with Gasteiger partial charge in [0.15, 0.2) is 0 Å². The number of rotatable bonds is 2. The van der Waals surface area contributed by atoms with Gasteiger partial charge in [0.25, 0.3) is 0 Å². The zero-order valence-electron chi connectivity index (χ0n) is 11.7. The zero-order chi connectivity index (χ0) is 13.2. The normalized spacial score (nSPS) is 14.3. The van der Waals surface area contributed by atoms with Crippen LogP contribution in [-0.4, -0.2) is 16.0 Å². The van der Waals surface area contributed by atoms with Crippen molar-refractivity contribution in [3.63, 3.8) is 0 Å². The summed E-state index contributed by atoms with van der Waals surface area (Å²) in [5, 5.41) is 0. The van der Waals surface area contributed by atoms with Crippen LogP contribution in [0, 0.1) is 13.8 Å². The highest BCUT2D eigenvalue weighted by molar-refractivity contribution is 5.48. The van der Waals surface area contributed by atoms with E-state index in [1.165, 1.54) is 0 Å². The molecule has 0 aliphatic rings. The molecule has 0 aliphatic carbocycles. The summed E-state index contributed by atoms with van der Waals surface area (Å²) in [7, 11) is 0. The molecule has 0 saturated carbocycles. The van der Waals surface area contributed by atoms with Gasteiger partial charge in [-0.05, 0) is 26.8 Å². The van der Waals surface area contributed by atoms with Crippen LogP contribution in [0.5, 0.6) is 0 Å². The van der Waals surface area contributed by atoms with Gasteiger partial charge in [-0.2, -0.15) is 0 Å². The van der Waals surface area contributed by atoms with E-state index in [1.807, 2.05) is 32.9 Å². The maximum absolute atomic E-state index is 5.69. The van der Waals surface area contributed by atoms with Gasteiger partial charge in [-0.1, -0.05) is 26.8 Å². The van der Waals surface area contributed by atoms with Crippen LogP contribution in [0.4, 0.5) is 0 Å². The molecule has 1 heterocycles. The first kappa shape index (κ1) is 13.8. The molecular formula is C14H23N3. The van der Waals surface area contributed by atoms with Gasteiger partial charge in [0.1, 0.15) is 0 Å². The van der Waals surface area contributed by atoms with Crippen LogP contribution in [0.1, 0.15) is 50.5 Å². The Kier molecular flexibility index (Phi) is 4.04. The lowest BCUT2D eigenvalue weighted by Gasteiger charge is -2.20. The van der Waals surface area contributed by atoms with E-state index in [-0.39, 0.29) is 11.5 Å². The predicted molar refractivity (Wildman–Crippen MR) is 72.9 cm³/mol. The Balaban J connectivity index is 3.19. The molecular weight excluding hydrogens is 210 g/mol. The lowest BCUT2D eigenvalue weighted by Crippen LogP contribution is -2.18. The Bertz CT molecular complexity index is 426. The minimum absolute atomic E-state index is 0.0330. The van der Waals surface area contributed by atoms with Gasteiger partial charge < -0.3 is 5.73 Å². The monoisotopic (exact) mass is 233 g/mol. The summed E-state index contributed by atoms with van der Waals surface area (Å²) >= 11 is 0. The van der Waals surface area contributed by atoms with Gasteiger partial charge in [0, 0.05) is 11.5 Å². The summed E-state index contributed by atoms with van der Waals surface area (Å²) in [6.07, 6.45) is 3.89. The zero-order valence-corrected chi connectivity index (χ0v) is 11.7. The molecule has 0 spiro atoms. The maximum atomic E-state index is 5.69. The topological polar surface area (TPSA) is 51.8 Å². The van der Waals surface area contributed by atoms with Crippen LogP contribution in [0.2, 0.25) is 0 Å².